The van der Waals surface area contributed by atoms with E-state index in [2.05, 4.69) is 20.9 Å². The highest BCUT2D eigenvalue weighted by Gasteiger charge is 2.25. The molecule has 7 nitrogen and oxygen atoms in total. The molecule has 27 heavy (non-hydrogen) atoms. The molecule has 0 aliphatic rings. The fourth-order valence-electron chi connectivity index (χ4n) is 2.85. The van der Waals surface area contributed by atoms with Gasteiger partial charge in [-0.15, -0.1) is 0 Å². The number of ether oxygens (including phenoxy) is 4. The first-order valence-electron chi connectivity index (χ1n) is 8.62. The zero-order valence-electron chi connectivity index (χ0n) is 16.0. The van der Waals surface area contributed by atoms with Crippen molar-refractivity contribution in [3.63, 3.8) is 0 Å². The number of rotatable bonds is 9. The Hall–Kier alpha value is -2.19. The highest BCUT2D eigenvalue weighted by atomic mass is 79.9. The van der Waals surface area contributed by atoms with Crippen LogP contribution < -0.4 is 24.7 Å². The number of nitrogens with two attached hydrogens (primary N) is 1. The van der Waals surface area contributed by atoms with Crippen molar-refractivity contribution in [3.05, 3.63) is 22.3 Å². The minimum absolute atomic E-state index is 0.301. The summed E-state index contributed by atoms with van der Waals surface area (Å²) in [6.45, 7) is 2.35. The van der Waals surface area contributed by atoms with Crippen molar-refractivity contribution < 1.29 is 23.7 Å². The standard InChI is InChI=1S/C19H25BrN2O5/c1-5-6-14(23)27-19-16(20)15(12(22-19)9-10-21)11-7-8-13(24-2)18(26-4)17(11)25-3/h7-8,22H,5-6,9-10,21H2,1-4H3. The summed E-state index contributed by atoms with van der Waals surface area (Å²) in [5.74, 6) is 1.60. The molecular formula is C19H25BrN2O5. The average molecular weight is 441 g/mol. The lowest BCUT2D eigenvalue weighted by Crippen LogP contribution is -2.08. The van der Waals surface area contributed by atoms with Gasteiger partial charge in [-0.25, -0.2) is 0 Å². The van der Waals surface area contributed by atoms with Crippen molar-refractivity contribution in [3.8, 4) is 34.3 Å². The molecule has 1 aromatic heterocycles. The van der Waals surface area contributed by atoms with Crippen LogP contribution in [-0.2, 0) is 11.2 Å². The summed E-state index contributed by atoms with van der Waals surface area (Å²) in [5, 5.41) is 0. The first-order chi connectivity index (χ1) is 13.0. The molecule has 2 rings (SSSR count). The van der Waals surface area contributed by atoms with Crippen molar-refractivity contribution in [1.29, 1.82) is 0 Å². The molecular weight excluding hydrogens is 416 g/mol. The van der Waals surface area contributed by atoms with Crippen molar-refractivity contribution in [2.75, 3.05) is 27.9 Å². The van der Waals surface area contributed by atoms with Crippen LogP contribution in [-0.4, -0.2) is 38.8 Å². The summed E-state index contributed by atoms with van der Waals surface area (Å²) >= 11 is 3.56. The Kier molecular flexibility index (Phi) is 7.55. The van der Waals surface area contributed by atoms with Crippen molar-refractivity contribution in [2.24, 2.45) is 5.73 Å². The Bertz CT molecular complexity index is 804. The Morgan fingerprint density at radius 2 is 1.85 bits per heavy atom. The smallest absolute Gasteiger partial charge is 0.312 e. The number of carbonyl (C=O) groups excluding carboxylic acids is 1. The van der Waals surface area contributed by atoms with Crippen molar-refractivity contribution in [2.45, 2.75) is 26.2 Å². The molecule has 0 bridgehead atoms. The lowest BCUT2D eigenvalue weighted by atomic mass is 10.0. The summed E-state index contributed by atoms with van der Waals surface area (Å²) in [5.41, 5.74) is 8.16. The number of H-pyrrole nitrogens is 1. The van der Waals surface area contributed by atoms with Crippen LogP contribution in [0.1, 0.15) is 25.5 Å². The van der Waals surface area contributed by atoms with E-state index in [1.54, 1.807) is 27.4 Å². The molecule has 0 amide bonds. The van der Waals surface area contributed by atoms with E-state index in [0.29, 0.717) is 53.4 Å². The monoisotopic (exact) mass is 440 g/mol. The van der Waals surface area contributed by atoms with Crippen LogP contribution >= 0.6 is 15.9 Å². The molecule has 0 radical (unpaired) electrons. The van der Waals surface area contributed by atoms with E-state index >= 15 is 0 Å². The Balaban J connectivity index is 2.63. The van der Waals surface area contributed by atoms with E-state index in [1.165, 1.54) is 0 Å². The largest absolute Gasteiger partial charge is 0.493 e. The second kappa shape index (κ2) is 9.66. The molecule has 0 spiro atoms. The van der Waals surface area contributed by atoms with E-state index in [0.717, 1.165) is 16.8 Å². The summed E-state index contributed by atoms with van der Waals surface area (Å²) in [7, 11) is 4.68. The fourth-order valence-corrected chi connectivity index (χ4v) is 3.48. The first kappa shape index (κ1) is 21.1. The number of hydrogen-bond donors (Lipinski definition) is 2. The third kappa shape index (κ3) is 4.39. The molecule has 0 fully saturated rings. The number of aromatic nitrogens is 1. The maximum Gasteiger partial charge on any atom is 0.312 e. The highest BCUT2D eigenvalue weighted by Crippen LogP contribution is 2.49. The highest BCUT2D eigenvalue weighted by molar-refractivity contribution is 9.10. The summed E-state index contributed by atoms with van der Waals surface area (Å²) in [6.07, 6.45) is 1.62. The van der Waals surface area contributed by atoms with Gasteiger partial charge in [-0.05, 0) is 41.0 Å². The quantitative estimate of drug-likeness (QED) is 0.577. The van der Waals surface area contributed by atoms with Gasteiger partial charge in [0.15, 0.2) is 11.5 Å². The average Bonchev–Trinajstić information content (AvgIpc) is 2.95. The molecule has 148 valence electrons. The van der Waals surface area contributed by atoms with Crippen LogP contribution in [0.5, 0.6) is 23.1 Å². The van der Waals surface area contributed by atoms with Crippen LogP contribution in [0.2, 0.25) is 0 Å². The second-order valence-electron chi connectivity index (χ2n) is 5.77. The van der Waals surface area contributed by atoms with E-state index in [4.69, 9.17) is 24.7 Å². The molecule has 0 saturated carbocycles. The van der Waals surface area contributed by atoms with E-state index in [-0.39, 0.29) is 5.97 Å². The topological polar surface area (TPSA) is 95.8 Å². The molecule has 0 saturated heterocycles. The van der Waals surface area contributed by atoms with Gasteiger partial charge >= 0.3 is 5.97 Å². The van der Waals surface area contributed by atoms with Crippen LogP contribution in [0, 0.1) is 0 Å². The molecule has 1 aromatic carbocycles. The zero-order valence-corrected chi connectivity index (χ0v) is 17.6. The number of aromatic amines is 1. The lowest BCUT2D eigenvalue weighted by Gasteiger charge is -2.16. The first-order valence-corrected chi connectivity index (χ1v) is 9.41. The Morgan fingerprint density at radius 1 is 1.15 bits per heavy atom. The second-order valence-corrected chi connectivity index (χ2v) is 6.56. The molecule has 0 atom stereocenters. The zero-order chi connectivity index (χ0) is 20.0. The lowest BCUT2D eigenvalue weighted by molar-refractivity contribution is -0.134. The van der Waals surface area contributed by atoms with Gasteiger partial charge in [-0.3, -0.25) is 4.79 Å². The van der Waals surface area contributed by atoms with Gasteiger partial charge in [0.25, 0.3) is 0 Å². The van der Waals surface area contributed by atoms with Crippen molar-refractivity contribution >= 4 is 21.9 Å². The van der Waals surface area contributed by atoms with E-state index in [9.17, 15) is 4.79 Å². The number of halogens is 1. The summed E-state index contributed by atoms with van der Waals surface area (Å²) in [6, 6.07) is 3.66. The van der Waals surface area contributed by atoms with Gasteiger partial charge < -0.3 is 29.7 Å². The molecule has 3 N–H and O–H groups in total. The third-order valence-electron chi connectivity index (χ3n) is 4.02. The van der Waals surface area contributed by atoms with Gasteiger partial charge in [0.05, 0.1) is 25.8 Å². The molecule has 0 unspecified atom stereocenters. The SMILES string of the molecule is CCCC(=O)Oc1[nH]c(CCN)c(-c2ccc(OC)c(OC)c2OC)c1Br. The van der Waals surface area contributed by atoms with Crippen LogP contribution in [0.25, 0.3) is 11.1 Å². The fraction of sp³-hybridized carbons (Fsp3) is 0.421. The van der Waals surface area contributed by atoms with Crippen LogP contribution in [0.3, 0.4) is 0 Å². The van der Waals surface area contributed by atoms with Gasteiger partial charge in [0.1, 0.15) is 0 Å². The number of benzene rings is 1. The van der Waals surface area contributed by atoms with Crippen molar-refractivity contribution in [1.82, 2.24) is 4.98 Å². The van der Waals surface area contributed by atoms with Gasteiger partial charge in [0.2, 0.25) is 11.6 Å². The predicted octanol–water partition coefficient (Wildman–Crippen LogP) is 3.68. The molecule has 8 heteroatoms. The number of nitrogens with one attached hydrogen (secondary N) is 1. The minimum Gasteiger partial charge on any atom is -0.493 e. The molecule has 0 aliphatic heterocycles. The number of methoxy groups -OCH3 is 3. The molecule has 1 heterocycles. The maximum atomic E-state index is 11.9. The number of esters is 1. The Labute approximate surface area is 167 Å². The van der Waals surface area contributed by atoms with Gasteiger partial charge in [0, 0.05) is 29.7 Å². The molecule has 2 aromatic rings. The third-order valence-corrected chi connectivity index (χ3v) is 4.78. The van der Waals surface area contributed by atoms with Crippen LogP contribution in [0.4, 0.5) is 0 Å². The minimum atomic E-state index is -0.301. The predicted molar refractivity (Wildman–Crippen MR) is 107 cm³/mol. The number of carbonyl (C=O) groups is 1. The van der Waals surface area contributed by atoms with Gasteiger partial charge in [-0.1, -0.05) is 6.92 Å². The number of hydrogen-bond acceptors (Lipinski definition) is 6. The summed E-state index contributed by atoms with van der Waals surface area (Å²) < 4.78 is 22.5. The van der Waals surface area contributed by atoms with E-state index < -0.39 is 0 Å². The van der Waals surface area contributed by atoms with Crippen LogP contribution in [0.15, 0.2) is 16.6 Å². The maximum absolute atomic E-state index is 11.9. The molecule has 0 aliphatic carbocycles. The Morgan fingerprint density at radius 3 is 2.41 bits per heavy atom. The summed E-state index contributed by atoms with van der Waals surface area (Å²) in [4.78, 5) is 15.1. The van der Waals surface area contributed by atoms with Gasteiger partial charge in [-0.2, -0.15) is 0 Å². The normalized spacial score (nSPS) is 10.6. The van der Waals surface area contributed by atoms with E-state index in [1.807, 2.05) is 13.0 Å².